The van der Waals surface area contributed by atoms with Gasteiger partial charge >= 0.3 is 0 Å². The lowest BCUT2D eigenvalue weighted by molar-refractivity contribution is 0.0143. The van der Waals surface area contributed by atoms with Crippen molar-refractivity contribution in [1.29, 1.82) is 0 Å². The highest BCUT2D eigenvalue weighted by Gasteiger charge is 2.25. The summed E-state index contributed by atoms with van der Waals surface area (Å²) in [5.41, 5.74) is 0.0450. The van der Waals surface area contributed by atoms with Crippen molar-refractivity contribution in [2.75, 3.05) is 32.7 Å². The molecule has 0 aliphatic carbocycles. The molecule has 1 unspecified atom stereocenters. The second-order valence-electron chi connectivity index (χ2n) is 6.58. The maximum absolute atomic E-state index is 5.94. The molecule has 1 aromatic rings. The van der Waals surface area contributed by atoms with Crippen LogP contribution in [-0.2, 0) is 9.47 Å². The van der Waals surface area contributed by atoms with Crippen LogP contribution in [0.4, 0.5) is 0 Å². The summed E-state index contributed by atoms with van der Waals surface area (Å²) in [4.78, 5) is 4.34. The first-order valence-electron chi connectivity index (χ1n) is 8.97. The van der Waals surface area contributed by atoms with E-state index in [2.05, 4.69) is 18.8 Å². The summed E-state index contributed by atoms with van der Waals surface area (Å²) < 4.78 is 11.4. The minimum absolute atomic E-state index is 0.0450. The number of unbranched alkanes of at least 4 members (excludes halogenated alkanes) is 5. The summed E-state index contributed by atoms with van der Waals surface area (Å²) in [6, 6.07) is 6.01. The monoisotopic (exact) mass is 371 g/mol. The topological polar surface area (TPSA) is 31.4 Å². The lowest BCUT2D eigenvalue weighted by atomic mass is 9.96. The van der Waals surface area contributed by atoms with Crippen molar-refractivity contribution in [2.24, 2.45) is 5.41 Å². The van der Waals surface area contributed by atoms with Gasteiger partial charge in [0.1, 0.15) is 5.03 Å². The fraction of sp³-hybridized carbons (Fsp3) is 0.737. The number of aromatic nitrogens is 1. The molecule has 0 bridgehead atoms. The van der Waals surface area contributed by atoms with Crippen molar-refractivity contribution < 1.29 is 9.47 Å². The highest BCUT2D eigenvalue weighted by atomic mass is 33.1. The number of nitrogens with zero attached hydrogens (tertiary/aromatic N) is 1. The molecule has 0 saturated carbocycles. The Kier molecular flexibility index (Phi) is 12.7. The van der Waals surface area contributed by atoms with Gasteiger partial charge in [0.15, 0.2) is 0 Å². The van der Waals surface area contributed by atoms with Gasteiger partial charge in [-0.05, 0) is 29.3 Å². The molecule has 1 aromatic heterocycles. The Morgan fingerprint density at radius 3 is 2.58 bits per heavy atom. The van der Waals surface area contributed by atoms with Crippen LogP contribution in [0, 0.1) is 5.41 Å². The second kappa shape index (κ2) is 14.0. The van der Waals surface area contributed by atoms with Crippen LogP contribution in [0.3, 0.4) is 0 Å². The van der Waals surface area contributed by atoms with E-state index in [1.807, 2.05) is 35.2 Å². The first kappa shape index (κ1) is 21.8. The first-order chi connectivity index (χ1) is 11.7. The number of hydrogen-bond acceptors (Lipinski definition) is 5. The number of rotatable bonds is 15. The Morgan fingerprint density at radius 1 is 1.08 bits per heavy atom. The predicted octanol–water partition coefficient (Wildman–Crippen LogP) is 5.85. The molecule has 0 amide bonds. The van der Waals surface area contributed by atoms with E-state index < -0.39 is 0 Å². The molecule has 0 aromatic carbocycles. The third kappa shape index (κ3) is 10.6. The molecule has 1 heterocycles. The van der Waals surface area contributed by atoms with Crippen molar-refractivity contribution in [1.82, 2.24) is 4.98 Å². The van der Waals surface area contributed by atoms with Crippen molar-refractivity contribution in [2.45, 2.75) is 57.4 Å². The average molecular weight is 372 g/mol. The fourth-order valence-corrected chi connectivity index (χ4v) is 4.96. The normalized spacial score (nSPS) is 13.8. The molecule has 0 saturated heterocycles. The summed E-state index contributed by atoms with van der Waals surface area (Å²) in [5.74, 6) is 0.985. The summed E-state index contributed by atoms with van der Waals surface area (Å²) in [6.45, 7) is 6.84. The smallest absolute Gasteiger partial charge is 0.106 e. The van der Waals surface area contributed by atoms with Crippen molar-refractivity contribution in [3.8, 4) is 0 Å². The van der Waals surface area contributed by atoms with E-state index in [0.29, 0.717) is 0 Å². The van der Waals surface area contributed by atoms with Crippen molar-refractivity contribution in [3.63, 3.8) is 0 Å². The first-order valence-corrected chi connectivity index (χ1v) is 11.3. The quantitative estimate of drug-likeness (QED) is 0.285. The molecule has 5 heteroatoms. The van der Waals surface area contributed by atoms with E-state index in [0.717, 1.165) is 30.6 Å². The lowest BCUT2D eigenvalue weighted by Crippen LogP contribution is -2.31. The van der Waals surface area contributed by atoms with Gasteiger partial charge in [0.25, 0.3) is 0 Å². The minimum Gasteiger partial charge on any atom is -0.384 e. The molecule has 0 fully saturated rings. The van der Waals surface area contributed by atoms with Crippen LogP contribution in [0.5, 0.6) is 0 Å². The van der Waals surface area contributed by atoms with Crippen LogP contribution in [0.2, 0.25) is 0 Å². The Bertz CT molecular complexity index is 406. The zero-order chi connectivity index (χ0) is 17.5. The number of hydrogen-bond donors (Lipinski definition) is 0. The SMILES string of the molecule is CCCCCCCCOCC(C)(COC)CSSc1ccccn1. The van der Waals surface area contributed by atoms with Gasteiger partial charge in [-0.2, -0.15) is 0 Å². The van der Waals surface area contributed by atoms with Gasteiger partial charge in [-0.1, -0.05) is 62.8 Å². The standard InChI is InChI=1S/C19H33NO2S2/c1-4-5-6-7-8-11-14-22-16-19(2,15-21-3)17-23-24-18-12-9-10-13-20-18/h9-10,12-13H,4-8,11,14-17H2,1-3H3. The van der Waals surface area contributed by atoms with Crippen LogP contribution >= 0.6 is 21.6 Å². The zero-order valence-electron chi connectivity index (χ0n) is 15.5. The lowest BCUT2D eigenvalue weighted by Gasteiger charge is -2.27. The van der Waals surface area contributed by atoms with Crippen LogP contribution in [0.1, 0.15) is 52.4 Å². The van der Waals surface area contributed by atoms with Gasteiger partial charge in [0.05, 0.1) is 13.2 Å². The molecule has 1 rings (SSSR count). The Labute approximate surface area is 156 Å². The highest BCUT2D eigenvalue weighted by Crippen LogP contribution is 2.35. The molecule has 0 spiro atoms. The fourth-order valence-electron chi connectivity index (χ4n) is 2.40. The molecular formula is C19H33NO2S2. The van der Waals surface area contributed by atoms with Crippen LogP contribution < -0.4 is 0 Å². The van der Waals surface area contributed by atoms with Crippen LogP contribution in [-0.4, -0.2) is 37.7 Å². The van der Waals surface area contributed by atoms with Gasteiger partial charge in [0.2, 0.25) is 0 Å². The summed E-state index contributed by atoms with van der Waals surface area (Å²) in [7, 11) is 5.31. The van der Waals surface area contributed by atoms with E-state index in [1.54, 1.807) is 17.9 Å². The van der Waals surface area contributed by atoms with E-state index in [4.69, 9.17) is 9.47 Å². The van der Waals surface area contributed by atoms with E-state index in [9.17, 15) is 0 Å². The average Bonchev–Trinajstić information content (AvgIpc) is 2.58. The third-order valence-electron chi connectivity index (χ3n) is 3.78. The van der Waals surface area contributed by atoms with Crippen molar-refractivity contribution >= 4 is 21.6 Å². The molecule has 1 atom stereocenters. The molecule has 24 heavy (non-hydrogen) atoms. The number of methoxy groups -OCH3 is 1. The molecule has 138 valence electrons. The molecule has 3 nitrogen and oxygen atoms in total. The summed E-state index contributed by atoms with van der Waals surface area (Å²) in [5, 5.41) is 1.05. The zero-order valence-corrected chi connectivity index (χ0v) is 17.1. The maximum atomic E-state index is 5.94. The Morgan fingerprint density at radius 2 is 1.88 bits per heavy atom. The maximum Gasteiger partial charge on any atom is 0.106 e. The number of ether oxygens (including phenoxy) is 2. The molecule has 0 N–H and O–H groups in total. The highest BCUT2D eigenvalue weighted by molar-refractivity contribution is 8.76. The van der Waals surface area contributed by atoms with Gasteiger partial charge < -0.3 is 9.47 Å². The predicted molar refractivity (Wildman–Crippen MR) is 107 cm³/mol. The van der Waals surface area contributed by atoms with E-state index in [-0.39, 0.29) is 5.41 Å². The third-order valence-corrected chi connectivity index (χ3v) is 6.34. The largest absolute Gasteiger partial charge is 0.384 e. The molecule has 0 aliphatic heterocycles. The van der Waals surface area contributed by atoms with Gasteiger partial charge in [-0.3, -0.25) is 0 Å². The Balaban J connectivity index is 2.18. The minimum atomic E-state index is 0.0450. The second-order valence-corrected chi connectivity index (χ2v) is 8.89. The van der Waals surface area contributed by atoms with Crippen LogP contribution in [0.15, 0.2) is 29.4 Å². The molecule has 0 aliphatic rings. The molecular weight excluding hydrogens is 338 g/mol. The van der Waals surface area contributed by atoms with Gasteiger partial charge in [-0.15, -0.1) is 0 Å². The summed E-state index contributed by atoms with van der Waals surface area (Å²) >= 11 is 0. The van der Waals surface area contributed by atoms with Gasteiger partial charge in [0, 0.05) is 31.1 Å². The van der Waals surface area contributed by atoms with E-state index in [1.165, 1.54) is 38.5 Å². The number of pyridine rings is 1. The Hall–Kier alpha value is -0.230. The molecule has 0 radical (unpaired) electrons. The van der Waals surface area contributed by atoms with Crippen LogP contribution in [0.25, 0.3) is 0 Å². The van der Waals surface area contributed by atoms with Gasteiger partial charge in [-0.25, -0.2) is 4.98 Å². The van der Waals surface area contributed by atoms with E-state index >= 15 is 0 Å². The summed E-state index contributed by atoms with van der Waals surface area (Å²) in [6.07, 6.45) is 9.65. The van der Waals surface area contributed by atoms with Crippen molar-refractivity contribution in [3.05, 3.63) is 24.4 Å².